The minimum Gasteiger partial charge on any atom is -0.361 e. The molecule has 0 aromatic heterocycles. The molecule has 9 heteroatoms. The molecular weight excluding hydrogens is 691 g/mol. The minimum absolute atomic E-state index is 0.0398. The molecule has 0 bridgehead atoms. The Labute approximate surface area is 330 Å². The fraction of sp³-hybridized carbons (Fsp3) is 0.630. The summed E-state index contributed by atoms with van der Waals surface area (Å²) < 4.78 is 5.46. The number of amides is 2. The lowest BCUT2D eigenvalue weighted by Crippen LogP contribution is -2.50. The van der Waals surface area contributed by atoms with E-state index in [4.69, 9.17) is 4.74 Å². The molecule has 2 fully saturated rings. The van der Waals surface area contributed by atoms with Gasteiger partial charge in [0.2, 0.25) is 11.8 Å². The molecule has 9 nitrogen and oxygen atoms in total. The summed E-state index contributed by atoms with van der Waals surface area (Å²) in [6.07, 6.45) is 5.63. The normalized spacial score (nSPS) is 19.5. The summed E-state index contributed by atoms with van der Waals surface area (Å²) in [5, 5.41) is 6.10. The zero-order valence-electron chi connectivity index (χ0n) is 34.5. The first-order chi connectivity index (χ1) is 26.1. The molecule has 0 radical (unpaired) electrons. The average molecular weight is 758 g/mol. The number of ether oxygens (including phenoxy) is 1. The third-order valence-electron chi connectivity index (χ3n) is 11.1. The maximum atomic E-state index is 14.4. The Bertz CT molecular complexity index is 1560. The number of benzene rings is 2. The first-order valence-electron chi connectivity index (χ1n) is 20.8. The van der Waals surface area contributed by atoms with Crippen molar-refractivity contribution in [1.29, 1.82) is 0 Å². The van der Waals surface area contributed by atoms with Gasteiger partial charge in [0.15, 0.2) is 11.6 Å². The molecule has 0 saturated carbocycles. The topological polar surface area (TPSA) is 125 Å². The Morgan fingerprint density at radius 1 is 0.727 bits per heavy atom. The van der Waals surface area contributed by atoms with Crippen molar-refractivity contribution in [3.05, 3.63) is 71.3 Å². The van der Waals surface area contributed by atoms with E-state index in [1.54, 1.807) is 6.92 Å². The van der Waals surface area contributed by atoms with Gasteiger partial charge in [-0.3, -0.25) is 28.9 Å². The number of likely N-dealkylation sites (tertiary alicyclic amines) is 1. The summed E-state index contributed by atoms with van der Waals surface area (Å²) in [4.78, 5) is 71.8. The SMILES string of the molecule is CC(C)C[C@H](NC(=O)[C@H](CCc1ccccc1)CC(=O)CN1CCCCC1)C(=O)C[C@@H](Cc1ccc(C(C)C)cc1)C(=O)N[C@@H](CC(C)C)C(=O)[C@@]1(C)CO1. The van der Waals surface area contributed by atoms with E-state index in [0.29, 0.717) is 51.2 Å². The molecule has 5 atom stereocenters. The molecule has 2 N–H and O–H groups in total. The second-order valence-electron chi connectivity index (χ2n) is 17.5. The van der Waals surface area contributed by atoms with E-state index in [0.717, 1.165) is 37.1 Å². The molecular formula is C46H67N3O6. The van der Waals surface area contributed by atoms with Crippen molar-refractivity contribution in [2.24, 2.45) is 23.7 Å². The largest absolute Gasteiger partial charge is 0.361 e. The smallest absolute Gasteiger partial charge is 0.224 e. The first-order valence-corrected chi connectivity index (χ1v) is 20.8. The van der Waals surface area contributed by atoms with Crippen LogP contribution in [0.5, 0.6) is 0 Å². The lowest BCUT2D eigenvalue weighted by atomic mass is 9.87. The van der Waals surface area contributed by atoms with Crippen molar-refractivity contribution in [2.45, 2.75) is 136 Å². The number of hydrogen-bond donors (Lipinski definition) is 2. The lowest BCUT2D eigenvalue weighted by Gasteiger charge is -2.28. The Kier molecular flexibility index (Phi) is 16.8. The number of rotatable bonds is 23. The van der Waals surface area contributed by atoms with E-state index in [-0.39, 0.29) is 53.8 Å². The predicted molar refractivity (Wildman–Crippen MR) is 218 cm³/mol. The van der Waals surface area contributed by atoms with Crippen LogP contribution in [0, 0.1) is 23.7 Å². The van der Waals surface area contributed by atoms with E-state index < -0.39 is 29.5 Å². The van der Waals surface area contributed by atoms with Crippen LogP contribution in [0.25, 0.3) is 0 Å². The highest BCUT2D eigenvalue weighted by atomic mass is 16.6. The number of nitrogens with zero attached hydrogens (tertiary/aromatic N) is 1. The van der Waals surface area contributed by atoms with Crippen LogP contribution in [0.2, 0.25) is 0 Å². The van der Waals surface area contributed by atoms with E-state index >= 15 is 0 Å². The van der Waals surface area contributed by atoms with Gasteiger partial charge in [-0.2, -0.15) is 0 Å². The van der Waals surface area contributed by atoms with Crippen LogP contribution in [-0.4, -0.2) is 78.0 Å². The fourth-order valence-corrected chi connectivity index (χ4v) is 7.63. The Hall–Kier alpha value is -3.69. The second-order valence-corrected chi connectivity index (χ2v) is 17.5. The summed E-state index contributed by atoms with van der Waals surface area (Å²) in [6.45, 7) is 16.5. The average Bonchev–Trinajstić information content (AvgIpc) is 3.90. The van der Waals surface area contributed by atoms with Crippen LogP contribution in [0.1, 0.15) is 122 Å². The standard InChI is InChI=1S/C46H67N3O6/c1-31(2)24-40(47-44(53)37(21-16-34-14-10-8-11-15-34)27-39(50)29-49-22-12-9-13-23-49)42(51)28-38(26-35-17-19-36(20-18-35)33(5)6)45(54)48-41(25-32(3)4)43(52)46(7)30-55-46/h8,10-11,14-15,17-20,31-33,37-38,40-41H,9,12-13,16,21-30H2,1-7H3,(H,47,53)(H,48,54)/t37-,38-,40+,41+,46-/m1/s1. The molecule has 55 heavy (non-hydrogen) atoms. The number of ketones is 3. The summed E-state index contributed by atoms with van der Waals surface area (Å²) in [5.74, 6) is -1.77. The van der Waals surface area contributed by atoms with Gasteiger partial charge in [0.05, 0.1) is 25.2 Å². The number of hydrogen-bond acceptors (Lipinski definition) is 7. The number of nitrogens with one attached hydrogen (secondary N) is 2. The van der Waals surface area contributed by atoms with E-state index in [1.807, 2.05) is 70.2 Å². The van der Waals surface area contributed by atoms with Crippen LogP contribution >= 0.6 is 0 Å². The van der Waals surface area contributed by atoms with Crippen LogP contribution in [-0.2, 0) is 41.6 Å². The van der Waals surface area contributed by atoms with E-state index in [1.165, 1.54) is 12.0 Å². The molecule has 0 spiro atoms. The van der Waals surface area contributed by atoms with Crippen molar-refractivity contribution in [1.82, 2.24) is 15.5 Å². The molecule has 2 heterocycles. The molecule has 2 aliphatic heterocycles. The van der Waals surface area contributed by atoms with Crippen LogP contribution in [0.3, 0.4) is 0 Å². The van der Waals surface area contributed by atoms with Crippen LogP contribution in [0.4, 0.5) is 0 Å². The molecule has 4 rings (SSSR count). The monoisotopic (exact) mass is 758 g/mol. The molecule has 2 aliphatic rings. The number of epoxide rings is 1. The predicted octanol–water partition coefficient (Wildman–Crippen LogP) is 7.04. The van der Waals surface area contributed by atoms with Gasteiger partial charge in [0.1, 0.15) is 11.4 Å². The third-order valence-corrected chi connectivity index (χ3v) is 11.1. The highest BCUT2D eigenvalue weighted by molar-refractivity contribution is 5.98. The van der Waals surface area contributed by atoms with Gasteiger partial charge in [0, 0.05) is 24.7 Å². The molecule has 0 unspecified atom stereocenters. The van der Waals surface area contributed by atoms with Gasteiger partial charge in [-0.15, -0.1) is 0 Å². The highest BCUT2D eigenvalue weighted by Gasteiger charge is 2.50. The van der Waals surface area contributed by atoms with Crippen LogP contribution in [0.15, 0.2) is 54.6 Å². The zero-order chi connectivity index (χ0) is 40.1. The molecule has 302 valence electrons. The van der Waals surface area contributed by atoms with Gasteiger partial charge in [0.25, 0.3) is 0 Å². The minimum atomic E-state index is -0.899. The van der Waals surface area contributed by atoms with E-state index in [2.05, 4.69) is 41.5 Å². The van der Waals surface area contributed by atoms with Gasteiger partial charge < -0.3 is 15.4 Å². The Morgan fingerprint density at radius 2 is 1.31 bits per heavy atom. The molecule has 2 amide bonds. The number of carbonyl (C=O) groups is 5. The fourth-order valence-electron chi connectivity index (χ4n) is 7.63. The van der Waals surface area contributed by atoms with Gasteiger partial charge >= 0.3 is 0 Å². The number of Topliss-reactive ketones (excluding diaryl/α,β-unsaturated/α-hetero) is 3. The summed E-state index contributed by atoms with van der Waals surface area (Å²) in [6, 6.07) is 16.5. The lowest BCUT2D eigenvalue weighted by molar-refractivity contribution is -0.135. The summed E-state index contributed by atoms with van der Waals surface area (Å²) >= 11 is 0. The maximum absolute atomic E-state index is 14.4. The van der Waals surface area contributed by atoms with E-state index in [9.17, 15) is 24.0 Å². The Morgan fingerprint density at radius 3 is 1.89 bits per heavy atom. The van der Waals surface area contributed by atoms with Crippen molar-refractivity contribution in [3.63, 3.8) is 0 Å². The Balaban J connectivity index is 1.54. The van der Waals surface area contributed by atoms with Crippen molar-refractivity contribution < 1.29 is 28.7 Å². The van der Waals surface area contributed by atoms with Crippen LogP contribution < -0.4 is 10.6 Å². The summed E-state index contributed by atoms with van der Waals surface area (Å²) in [7, 11) is 0. The second kappa shape index (κ2) is 21.0. The number of carbonyl (C=O) groups excluding carboxylic acids is 5. The van der Waals surface area contributed by atoms with Crippen molar-refractivity contribution in [3.8, 4) is 0 Å². The quantitative estimate of drug-likeness (QED) is 0.117. The highest BCUT2D eigenvalue weighted by Crippen LogP contribution is 2.30. The maximum Gasteiger partial charge on any atom is 0.224 e. The van der Waals surface area contributed by atoms with Gasteiger partial charge in [-0.25, -0.2) is 0 Å². The molecule has 2 saturated heterocycles. The van der Waals surface area contributed by atoms with Crippen molar-refractivity contribution in [2.75, 3.05) is 26.2 Å². The van der Waals surface area contributed by atoms with Gasteiger partial charge in [-0.05, 0) is 99.4 Å². The zero-order valence-corrected chi connectivity index (χ0v) is 34.5. The number of aryl methyl sites for hydroxylation is 1. The van der Waals surface area contributed by atoms with Gasteiger partial charge in [-0.1, -0.05) is 103 Å². The summed E-state index contributed by atoms with van der Waals surface area (Å²) in [5.41, 5.74) is 2.28. The number of piperidine rings is 1. The first kappa shape index (κ1) is 44.0. The molecule has 0 aliphatic carbocycles. The third kappa shape index (κ3) is 14.4. The molecule has 2 aromatic rings. The van der Waals surface area contributed by atoms with Crippen molar-refractivity contribution >= 4 is 29.2 Å². The molecule has 2 aromatic carbocycles.